The van der Waals surface area contributed by atoms with E-state index >= 15 is 0 Å². The van der Waals surface area contributed by atoms with Crippen molar-refractivity contribution in [3.05, 3.63) is 35.3 Å². The zero-order valence-electron chi connectivity index (χ0n) is 26.0. The van der Waals surface area contributed by atoms with Crippen LogP contribution in [0.3, 0.4) is 0 Å². The predicted octanol–water partition coefficient (Wildman–Crippen LogP) is 5.94. The molecule has 1 fully saturated rings. The summed E-state index contributed by atoms with van der Waals surface area (Å²) in [6.45, 7) is 15.8. The molecule has 0 aromatic carbocycles. The van der Waals surface area contributed by atoms with E-state index < -0.39 is 26.4 Å². The van der Waals surface area contributed by atoms with Gasteiger partial charge >= 0.3 is 26.4 Å². The number of allylic oxidation sites excluding steroid dienone is 3. The van der Waals surface area contributed by atoms with Crippen molar-refractivity contribution in [2.75, 3.05) is 77.1 Å². The molecule has 246 valence electrons. The van der Waals surface area contributed by atoms with Crippen molar-refractivity contribution in [2.45, 2.75) is 41.5 Å². The predicted molar refractivity (Wildman–Crippen MR) is 175 cm³/mol. The van der Waals surface area contributed by atoms with Gasteiger partial charge in [-0.15, -0.1) is 34.8 Å². The van der Waals surface area contributed by atoms with Crippen LogP contribution in [-0.4, -0.2) is 104 Å². The topological polar surface area (TPSA) is 83.1 Å². The Bertz CT molecular complexity index is 783. The third-order valence-electron chi connectivity index (χ3n) is 5.68. The van der Waals surface area contributed by atoms with E-state index in [0.29, 0.717) is 83.0 Å². The fraction of sp³-hybridized carbons (Fsp3) is 0.778. The maximum atomic E-state index is 6.39. The van der Waals surface area contributed by atoms with Gasteiger partial charge in [-0.2, -0.15) is 0 Å². The smallest absolute Gasteiger partial charge is 0.371 e. The van der Waals surface area contributed by atoms with Gasteiger partial charge in [0.1, 0.15) is 0 Å². The van der Waals surface area contributed by atoms with Gasteiger partial charge in [-0.05, 0) is 37.9 Å². The lowest BCUT2D eigenvalue weighted by Crippen LogP contribution is -2.51. The average molecular weight is 710 g/mol. The van der Waals surface area contributed by atoms with Crippen molar-refractivity contribution < 1.29 is 39.8 Å². The highest BCUT2D eigenvalue weighted by Gasteiger charge is 2.44. The van der Waals surface area contributed by atoms with Crippen molar-refractivity contribution in [1.82, 2.24) is 0 Å². The van der Waals surface area contributed by atoms with Crippen LogP contribution in [0.25, 0.3) is 0 Å². The zero-order valence-corrected chi connectivity index (χ0v) is 31.3. The molecular formula is C27H51Cl3O9Si3. The molecule has 15 heteroatoms. The van der Waals surface area contributed by atoms with Gasteiger partial charge in [-0.25, -0.2) is 0 Å². The van der Waals surface area contributed by atoms with Crippen LogP contribution in [-0.2, 0) is 39.8 Å². The summed E-state index contributed by atoms with van der Waals surface area (Å²) in [5.74, 6) is 1.33. The van der Waals surface area contributed by atoms with Gasteiger partial charge in [0.25, 0.3) is 0 Å². The second kappa shape index (κ2) is 22.8. The standard InChI is InChI=1S/C27H51Cl3O9Si3/c1-7-31-40(32-8-2,16-10-13-28)34-19-25(4)20-35-41(33-9-3,17-11-14-29)36-21-26(5)22-37-42(18-12-15-30)38-23-27(6)24-39-42/h10-12,16-18,25-27H,7-9,13-15,19-24H2,1-6H3. The summed E-state index contributed by atoms with van der Waals surface area (Å²) in [6, 6.07) is 0. The monoisotopic (exact) mass is 708 g/mol. The summed E-state index contributed by atoms with van der Waals surface area (Å²) in [5, 5.41) is 0. The van der Waals surface area contributed by atoms with Gasteiger partial charge in [0.2, 0.25) is 0 Å². The molecule has 0 bridgehead atoms. The minimum atomic E-state index is -3.23. The second-order valence-electron chi connectivity index (χ2n) is 9.96. The van der Waals surface area contributed by atoms with E-state index in [1.54, 1.807) is 12.2 Å². The van der Waals surface area contributed by atoms with Gasteiger partial charge in [0.15, 0.2) is 0 Å². The molecule has 9 nitrogen and oxygen atoms in total. The van der Waals surface area contributed by atoms with E-state index in [9.17, 15) is 0 Å². The average Bonchev–Trinajstić information content (AvgIpc) is 2.99. The SMILES string of the molecule is CCO[Si](C=CCCl)(OCC)OCC(C)CO[Si](C=CCCl)(OCC)OCC(C)CO[Si]1(C=CCCl)OCC(C)CO1. The van der Waals surface area contributed by atoms with E-state index in [0.717, 1.165) is 0 Å². The van der Waals surface area contributed by atoms with Crippen LogP contribution in [0, 0.1) is 17.8 Å². The van der Waals surface area contributed by atoms with Gasteiger partial charge < -0.3 is 39.8 Å². The lowest BCUT2D eigenvalue weighted by molar-refractivity contribution is -0.00749. The Labute approximate surface area is 271 Å². The quantitative estimate of drug-likeness (QED) is 0.0894. The summed E-state index contributed by atoms with van der Waals surface area (Å²) in [4.78, 5) is 0. The molecule has 1 saturated heterocycles. The Hall–Kier alpha value is 0.381. The van der Waals surface area contributed by atoms with E-state index in [1.807, 2.05) is 57.8 Å². The van der Waals surface area contributed by atoms with Gasteiger partial charge in [-0.1, -0.05) is 39.0 Å². The number of rotatable bonds is 24. The van der Waals surface area contributed by atoms with E-state index in [4.69, 9.17) is 74.6 Å². The van der Waals surface area contributed by atoms with Gasteiger partial charge in [-0.3, -0.25) is 0 Å². The third kappa shape index (κ3) is 15.6. The molecule has 0 aliphatic carbocycles. The third-order valence-corrected chi connectivity index (χ3v) is 13.6. The fourth-order valence-corrected chi connectivity index (χ4v) is 11.5. The lowest BCUT2D eigenvalue weighted by Gasteiger charge is -2.34. The minimum absolute atomic E-state index is 0.00383. The van der Waals surface area contributed by atoms with Crippen LogP contribution in [0.4, 0.5) is 0 Å². The molecule has 0 aromatic heterocycles. The number of halogens is 3. The zero-order chi connectivity index (χ0) is 31.3. The number of hydrogen-bond donors (Lipinski definition) is 0. The van der Waals surface area contributed by atoms with E-state index in [2.05, 4.69) is 6.92 Å². The van der Waals surface area contributed by atoms with Crippen LogP contribution in [0.2, 0.25) is 0 Å². The minimum Gasteiger partial charge on any atom is -0.371 e. The molecule has 42 heavy (non-hydrogen) atoms. The highest BCUT2D eigenvalue weighted by molar-refractivity contribution is 6.67. The highest BCUT2D eigenvalue weighted by atomic mass is 35.5. The van der Waals surface area contributed by atoms with Crippen LogP contribution in [0.1, 0.15) is 41.5 Å². The molecular weight excluding hydrogens is 659 g/mol. The van der Waals surface area contributed by atoms with Crippen LogP contribution in [0.5, 0.6) is 0 Å². The molecule has 0 N–H and O–H groups in total. The van der Waals surface area contributed by atoms with Crippen molar-refractivity contribution in [3.63, 3.8) is 0 Å². The Morgan fingerprint density at radius 3 is 1.50 bits per heavy atom. The first-order valence-electron chi connectivity index (χ1n) is 14.6. The first kappa shape index (κ1) is 40.4. The Kier molecular flexibility index (Phi) is 21.9. The fourth-order valence-electron chi connectivity index (χ4n) is 3.67. The molecule has 1 aliphatic heterocycles. The molecule has 0 radical (unpaired) electrons. The number of alkyl halides is 3. The second-order valence-corrected chi connectivity index (χ2v) is 18.1. The number of hydrogen-bond acceptors (Lipinski definition) is 9. The maximum absolute atomic E-state index is 6.39. The summed E-state index contributed by atoms with van der Waals surface area (Å²) >= 11 is 17.7. The van der Waals surface area contributed by atoms with Crippen molar-refractivity contribution in [3.8, 4) is 0 Å². The molecule has 0 spiro atoms. The molecule has 0 saturated carbocycles. The van der Waals surface area contributed by atoms with Crippen LogP contribution in [0.15, 0.2) is 35.3 Å². The Morgan fingerprint density at radius 2 is 1.10 bits per heavy atom. The van der Waals surface area contributed by atoms with Gasteiger partial charge in [0.05, 0.1) is 0 Å². The summed E-state index contributed by atoms with van der Waals surface area (Å²) in [6.07, 6.45) is 5.42. The first-order valence-corrected chi connectivity index (χ1v) is 21.6. The van der Waals surface area contributed by atoms with Crippen LogP contribution < -0.4 is 0 Å². The largest absolute Gasteiger partial charge is 0.529 e. The molecule has 1 heterocycles. The Balaban J connectivity index is 2.85. The normalized spacial score (nSPS) is 23.2. The highest BCUT2D eigenvalue weighted by Crippen LogP contribution is 2.23. The molecule has 3 atom stereocenters. The van der Waals surface area contributed by atoms with Crippen molar-refractivity contribution >= 4 is 61.2 Å². The summed E-state index contributed by atoms with van der Waals surface area (Å²) in [7, 11) is -9.18. The van der Waals surface area contributed by atoms with Crippen molar-refractivity contribution in [1.29, 1.82) is 0 Å². The lowest BCUT2D eigenvalue weighted by atomic mass is 10.2. The molecule has 0 amide bonds. The molecule has 1 rings (SSSR count). The molecule has 0 aromatic rings. The van der Waals surface area contributed by atoms with E-state index in [1.165, 1.54) is 0 Å². The first-order chi connectivity index (χ1) is 20.2. The molecule has 3 unspecified atom stereocenters. The summed E-state index contributed by atoms with van der Waals surface area (Å²) < 4.78 is 55.3. The maximum Gasteiger partial charge on any atom is 0.529 e. The van der Waals surface area contributed by atoms with E-state index in [-0.39, 0.29) is 11.8 Å². The van der Waals surface area contributed by atoms with Gasteiger partial charge in [0, 0.05) is 94.9 Å². The summed E-state index contributed by atoms with van der Waals surface area (Å²) in [5.41, 5.74) is 5.52. The molecule has 1 aliphatic rings. The Morgan fingerprint density at radius 1 is 0.690 bits per heavy atom. The van der Waals surface area contributed by atoms with Crippen LogP contribution >= 0.6 is 34.8 Å². The van der Waals surface area contributed by atoms with Crippen molar-refractivity contribution in [2.24, 2.45) is 17.8 Å².